The number of hydrogen-bond donors (Lipinski definition) is 3. The van der Waals surface area contributed by atoms with Crippen LogP contribution in [0.5, 0.6) is 0 Å². The molecule has 1 fully saturated rings. The van der Waals surface area contributed by atoms with Gasteiger partial charge in [0.1, 0.15) is 0 Å². The molecule has 3 N–H and O–H groups in total. The van der Waals surface area contributed by atoms with Gasteiger partial charge in [-0.25, -0.2) is 4.79 Å². The third-order valence-electron chi connectivity index (χ3n) is 5.11. The minimum Gasteiger partial charge on any atom is -0.379 e. The molecule has 0 aliphatic carbocycles. The molecule has 0 radical (unpaired) electrons. The van der Waals surface area contributed by atoms with Gasteiger partial charge in [0.15, 0.2) is 0 Å². The summed E-state index contributed by atoms with van der Waals surface area (Å²) < 4.78 is 5.43. The lowest BCUT2D eigenvalue weighted by Crippen LogP contribution is -2.52. The molecule has 1 aromatic heterocycles. The van der Waals surface area contributed by atoms with E-state index in [1.165, 1.54) is 10.9 Å². The van der Waals surface area contributed by atoms with Crippen molar-refractivity contribution in [2.75, 3.05) is 39.4 Å². The van der Waals surface area contributed by atoms with Crippen molar-refractivity contribution in [3.63, 3.8) is 0 Å². The number of nitrogens with one attached hydrogen (secondary N) is 3. The third-order valence-corrected chi connectivity index (χ3v) is 5.11. The highest BCUT2D eigenvalue weighted by molar-refractivity contribution is 5.83. The molecule has 0 bridgehead atoms. The van der Waals surface area contributed by atoms with Gasteiger partial charge in [0.25, 0.3) is 0 Å². The Hall–Kier alpha value is -2.05. The van der Waals surface area contributed by atoms with E-state index in [-0.39, 0.29) is 6.03 Å². The van der Waals surface area contributed by atoms with Crippen LogP contribution in [0.15, 0.2) is 30.5 Å². The number of hydrogen-bond acceptors (Lipinski definition) is 3. The quantitative estimate of drug-likeness (QED) is 0.712. The van der Waals surface area contributed by atoms with E-state index in [9.17, 15) is 4.79 Å². The van der Waals surface area contributed by atoms with E-state index in [1.54, 1.807) is 0 Å². The molecule has 142 valence electrons. The Labute approximate surface area is 155 Å². The van der Waals surface area contributed by atoms with Crippen LogP contribution in [-0.2, 0) is 11.2 Å². The molecule has 1 aliphatic rings. The van der Waals surface area contributed by atoms with Crippen molar-refractivity contribution in [2.24, 2.45) is 5.92 Å². The number of para-hydroxylation sites is 1. The maximum atomic E-state index is 12.2. The second-order valence-corrected chi connectivity index (χ2v) is 7.21. The van der Waals surface area contributed by atoms with Crippen LogP contribution in [0.2, 0.25) is 0 Å². The van der Waals surface area contributed by atoms with Gasteiger partial charge < -0.3 is 20.4 Å². The highest BCUT2D eigenvalue weighted by Crippen LogP contribution is 2.17. The third kappa shape index (κ3) is 4.77. The highest BCUT2D eigenvalue weighted by atomic mass is 16.5. The van der Waals surface area contributed by atoms with Gasteiger partial charge in [0, 0.05) is 49.3 Å². The molecule has 26 heavy (non-hydrogen) atoms. The van der Waals surface area contributed by atoms with E-state index in [1.807, 2.05) is 18.3 Å². The van der Waals surface area contributed by atoms with Gasteiger partial charge in [-0.05, 0) is 24.0 Å². The first-order chi connectivity index (χ1) is 12.6. The van der Waals surface area contributed by atoms with Crippen molar-refractivity contribution < 1.29 is 9.53 Å². The molecule has 1 saturated heterocycles. The summed E-state index contributed by atoms with van der Waals surface area (Å²) in [6, 6.07) is 8.49. The molecule has 1 aliphatic heterocycles. The van der Waals surface area contributed by atoms with Crippen molar-refractivity contribution in [3.05, 3.63) is 36.0 Å². The number of aromatic nitrogens is 1. The van der Waals surface area contributed by atoms with Gasteiger partial charge in [0.05, 0.1) is 13.2 Å². The number of carbonyl (C=O) groups excluding carboxylic acids is 1. The van der Waals surface area contributed by atoms with Gasteiger partial charge >= 0.3 is 6.03 Å². The lowest BCUT2D eigenvalue weighted by molar-refractivity contribution is 0.00720. The number of urea groups is 1. The zero-order valence-corrected chi connectivity index (χ0v) is 15.8. The smallest absolute Gasteiger partial charge is 0.314 e. The minimum atomic E-state index is -0.0937. The van der Waals surface area contributed by atoms with E-state index in [4.69, 9.17) is 4.74 Å². The molecular formula is C20H30N4O2. The van der Waals surface area contributed by atoms with Crippen molar-refractivity contribution in [3.8, 4) is 0 Å². The summed E-state index contributed by atoms with van der Waals surface area (Å²) in [6.45, 7) is 9.13. The van der Waals surface area contributed by atoms with Crippen LogP contribution < -0.4 is 10.6 Å². The molecule has 3 rings (SSSR count). The van der Waals surface area contributed by atoms with Crippen molar-refractivity contribution >= 4 is 16.9 Å². The van der Waals surface area contributed by atoms with Crippen LogP contribution >= 0.6 is 0 Å². The molecular weight excluding hydrogens is 328 g/mol. The Bertz CT molecular complexity index is 707. The number of nitrogens with zero attached hydrogens (tertiary/aromatic N) is 1. The lowest BCUT2D eigenvalue weighted by Gasteiger charge is -2.36. The van der Waals surface area contributed by atoms with Crippen LogP contribution in [0.3, 0.4) is 0 Å². The Morgan fingerprint density at radius 2 is 2.00 bits per heavy atom. The number of ether oxygens (including phenoxy) is 1. The summed E-state index contributed by atoms with van der Waals surface area (Å²) >= 11 is 0. The van der Waals surface area contributed by atoms with Crippen LogP contribution in [0.4, 0.5) is 4.79 Å². The molecule has 0 saturated carbocycles. The minimum absolute atomic E-state index is 0.0937. The molecule has 0 spiro atoms. The number of benzene rings is 1. The van der Waals surface area contributed by atoms with Crippen LogP contribution in [0, 0.1) is 5.92 Å². The topological polar surface area (TPSA) is 69.4 Å². The number of fused-ring (bicyclic) bond motifs is 1. The SMILES string of the molecule is CC(C)C(CNC(=O)NCCc1c[nH]c2ccccc12)N1CCOCC1. The summed E-state index contributed by atoms with van der Waals surface area (Å²) in [5.41, 5.74) is 2.37. The number of amides is 2. The first-order valence-electron chi connectivity index (χ1n) is 9.53. The first-order valence-corrected chi connectivity index (χ1v) is 9.53. The van der Waals surface area contributed by atoms with E-state index in [0.29, 0.717) is 25.0 Å². The van der Waals surface area contributed by atoms with Crippen LogP contribution in [0.25, 0.3) is 10.9 Å². The normalized spacial score (nSPS) is 16.7. The van der Waals surface area contributed by atoms with Crippen molar-refractivity contribution in [2.45, 2.75) is 26.3 Å². The Morgan fingerprint density at radius 3 is 2.77 bits per heavy atom. The number of aromatic amines is 1. The number of rotatable bonds is 7. The number of carbonyl (C=O) groups is 1. The van der Waals surface area contributed by atoms with Gasteiger partial charge in [-0.15, -0.1) is 0 Å². The zero-order valence-electron chi connectivity index (χ0n) is 15.8. The standard InChI is InChI=1S/C20H30N4O2/c1-15(2)19(24-9-11-26-12-10-24)14-23-20(25)21-8-7-16-13-22-18-6-4-3-5-17(16)18/h3-6,13,15,19,22H,7-12,14H2,1-2H3,(H2,21,23,25). The summed E-state index contributed by atoms with van der Waals surface area (Å²) in [5.74, 6) is 0.486. The molecule has 1 unspecified atom stereocenters. The maximum absolute atomic E-state index is 12.2. The molecule has 2 aromatic rings. The monoisotopic (exact) mass is 358 g/mol. The van der Waals surface area contributed by atoms with E-state index < -0.39 is 0 Å². The molecule has 2 amide bonds. The van der Waals surface area contributed by atoms with E-state index in [0.717, 1.165) is 38.2 Å². The average molecular weight is 358 g/mol. The molecule has 1 aromatic carbocycles. The number of H-pyrrole nitrogens is 1. The predicted octanol–water partition coefficient (Wildman–Crippen LogP) is 2.37. The van der Waals surface area contributed by atoms with Gasteiger partial charge in [-0.1, -0.05) is 32.0 Å². The Morgan fingerprint density at radius 1 is 1.23 bits per heavy atom. The lowest BCUT2D eigenvalue weighted by atomic mass is 10.0. The van der Waals surface area contributed by atoms with Gasteiger partial charge in [-0.2, -0.15) is 0 Å². The summed E-state index contributed by atoms with van der Waals surface area (Å²) in [7, 11) is 0. The molecule has 2 heterocycles. The first kappa shape index (κ1) is 18.7. The van der Waals surface area contributed by atoms with E-state index in [2.05, 4.69) is 46.5 Å². The van der Waals surface area contributed by atoms with Crippen molar-refractivity contribution in [1.82, 2.24) is 20.5 Å². The fraction of sp³-hybridized carbons (Fsp3) is 0.550. The predicted molar refractivity (Wildman–Crippen MR) is 104 cm³/mol. The van der Waals surface area contributed by atoms with Crippen LogP contribution in [-0.4, -0.2) is 61.3 Å². The second-order valence-electron chi connectivity index (χ2n) is 7.21. The Balaban J connectivity index is 1.43. The summed E-state index contributed by atoms with van der Waals surface area (Å²) in [4.78, 5) is 17.9. The fourth-order valence-corrected chi connectivity index (χ4v) is 3.60. The zero-order chi connectivity index (χ0) is 18.4. The Kier molecular flexibility index (Phi) is 6.52. The summed E-state index contributed by atoms with van der Waals surface area (Å²) in [5, 5.41) is 7.24. The molecule has 1 atom stereocenters. The molecule has 6 heteroatoms. The number of morpholine rings is 1. The van der Waals surface area contributed by atoms with E-state index >= 15 is 0 Å². The molecule has 6 nitrogen and oxygen atoms in total. The maximum Gasteiger partial charge on any atom is 0.314 e. The second kappa shape index (κ2) is 9.05. The van der Waals surface area contributed by atoms with Gasteiger partial charge in [-0.3, -0.25) is 4.90 Å². The average Bonchev–Trinajstić information content (AvgIpc) is 3.06. The summed E-state index contributed by atoms with van der Waals surface area (Å²) in [6.07, 6.45) is 2.84. The van der Waals surface area contributed by atoms with Crippen LogP contribution in [0.1, 0.15) is 19.4 Å². The largest absolute Gasteiger partial charge is 0.379 e. The fourth-order valence-electron chi connectivity index (χ4n) is 3.60. The highest BCUT2D eigenvalue weighted by Gasteiger charge is 2.24. The van der Waals surface area contributed by atoms with Crippen molar-refractivity contribution in [1.29, 1.82) is 0 Å². The van der Waals surface area contributed by atoms with Gasteiger partial charge in [0.2, 0.25) is 0 Å².